The van der Waals surface area contributed by atoms with Crippen LogP contribution >= 0.6 is 0 Å². The van der Waals surface area contributed by atoms with Crippen LogP contribution in [0, 0.1) is 0 Å². The van der Waals surface area contributed by atoms with Crippen molar-refractivity contribution in [2.45, 2.75) is 45.6 Å². The zero-order valence-electron chi connectivity index (χ0n) is 11.4. The normalized spacial score (nSPS) is 14.8. The van der Waals surface area contributed by atoms with Gasteiger partial charge in [-0.25, -0.2) is 0 Å². The van der Waals surface area contributed by atoms with Crippen molar-refractivity contribution in [3.63, 3.8) is 0 Å². The fourth-order valence-corrected chi connectivity index (χ4v) is 2.33. The van der Waals surface area contributed by atoms with Gasteiger partial charge in [-0.05, 0) is 43.5 Å². The van der Waals surface area contributed by atoms with Crippen molar-refractivity contribution in [1.29, 1.82) is 0 Å². The van der Waals surface area contributed by atoms with Crippen molar-refractivity contribution in [2.24, 2.45) is 0 Å². The molecule has 1 unspecified atom stereocenters. The molecule has 100 valence electrons. The molecule has 1 aliphatic rings. The summed E-state index contributed by atoms with van der Waals surface area (Å²) in [5.74, 6) is 1.76. The molecule has 3 heteroatoms. The van der Waals surface area contributed by atoms with Gasteiger partial charge in [-0.2, -0.15) is 0 Å². The van der Waals surface area contributed by atoms with Crippen molar-refractivity contribution in [3.05, 3.63) is 23.8 Å². The lowest BCUT2D eigenvalue weighted by Crippen LogP contribution is -2.31. The van der Waals surface area contributed by atoms with Crippen molar-refractivity contribution < 1.29 is 9.47 Å². The highest BCUT2D eigenvalue weighted by molar-refractivity contribution is 5.44. The van der Waals surface area contributed by atoms with Crippen molar-refractivity contribution in [3.8, 4) is 11.5 Å². The van der Waals surface area contributed by atoms with Gasteiger partial charge in [0, 0.05) is 6.04 Å². The maximum atomic E-state index is 5.42. The number of hydrogen-bond donors (Lipinski definition) is 1. The molecule has 0 spiro atoms. The van der Waals surface area contributed by atoms with Crippen LogP contribution in [0.15, 0.2) is 18.2 Å². The van der Waals surface area contributed by atoms with Gasteiger partial charge in [-0.1, -0.05) is 26.3 Å². The van der Waals surface area contributed by atoms with E-state index in [2.05, 4.69) is 31.3 Å². The molecule has 18 heavy (non-hydrogen) atoms. The Morgan fingerprint density at radius 1 is 1.17 bits per heavy atom. The lowest BCUT2D eigenvalue weighted by Gasteiger charge is -2.18. The van der Waals surface area contributed by atoms with Gasteiger partial charge < -0.3 is 14.8 Å². The third kappa shape index (κ3) is 3.39. The monoisotopic (exact) mass is 249 g/mol. The zero-order valence-corrected chi connectivity index (χ0v) is 11.4. The van der Waals surface area contributed by atoms with Crippen LogP contribution < -0.4 is 14.8 Å². The number of fused-ring (bicyclic) bond motifs is 1. The molecular weight excluding hydrogens is 226 g/mol. The number of nitrogens with one attached hydrogen (secondary N) is 1. The first-order valence-electron chi connectivity index (χ1n) is 6.95. The third-order valence-electron chi connectivity index (χ3n) is 3.24. The Hall–Kier alpha value is -1.22. The standard InChI is InChI=1S/C15H23NO2/c1-3-5-13(16-8-4-2)9-12-6-7-14-15(10-12)18-11-17-14/h6-7,10,13,16H,3-5,8-9,11H2,1-2H3. The second-order valence-corrected chi connectivity index (χ2v) is 4.83. The number of hydrogen-bond acceptors (Lipinski definition) is 3. The molecule has 0 amide bonds. The molecule has 2 rings (SSSR count). The molecule has 1 aromatic rings. The van der Waals surface area contributed by atoms with E-state index in [4.69, 9.17) is 9.47 Å². The van der Waals surface area contributed by atoms with Gasteiger partial charge in [-0.15, -0.1) is 0 Å². The minimum atomic E-state index is 0.352. The van der Waals surface area contributed by atoms with Crippen molar-refractivity contribution >= 4 is 0 Å². The highest BCUT2D eigenvalue weighted by Crippen LogP contribution is 2.32. The van der Waals surface area contributed by atoms with Crippen LogP contribution in [0.3, 0.4) is 0 Å². The molecule has 1 N–H and O–H groups in total. The molecule has 0 aliphatic carbocycles. The van der Waals surface area contributed by atoms with Crippen LogP contribution in [0.4, 0.5) is 0 Å². The summed E-state index contributed by atoms with van der Waals surface area (Å²) in [5.41, 5.74) is 1.32. The Labute approximate surface area is 109 Å². The lowest BCUT2D eigenvalue weighted by molar-refractivity contribution is 0.174. The SMILES string of the molecule is CCCNC(CCC)Cc1ccc2c(c1)OCO2. The van der Waals surface area contributed by atoms with Gasteiger partial charge in [0.2, 0.25) is 6.79 Å². The van der Waals surface area contributed by atoms with Crippen LogP contribution in [0.5, 0.6) is 11.5 Å². The molecule has 0 saturated heterocycles. The molecular formula is C15H23NO2. The quantitative estimate of drug-likeness (QED) is 0.805. The molecule has 1 aromatic carbocycles. The van der Waals surface area contributed by atoms with Gasteiger partial charge in [0.15, 0.2) is 11.5 Å². The maximum absolute atomic E-state index is 5.42. The summed E-state index contributed by atoms with van der Waals surface area (Å²) in [4.78, 5) is 0. The predicted molar refractivity (Wildman–Crippen MR) is 73.3 cm³/mol. The number of rotatable bonds is 7. The second kappa shape index (κ2) is 6.64. The van der Waals surface area contributed by atoms with E-state index in [1.54, 1.807) is 0 Å². The lowest BCUT2D eigenvalue weighted by atomic mass is 10.0. The molecule has 0 saturated carbocycles. The first-order valence-corrected chi connectivity index (χ1v) is 6.95. The summed E-state index contributed by atoms with van der Waals surface area (Å²) in [6, 6.07) is 6.83. The van der Waals surface area contributed by atoms with Crippen LogP contribution in [0.2, 0.25) is 0 Å². The van der Waals surface area contributed by atoms with Crippen LogP contribution in [-0.4, -0.2) is 19.4 Å². The van der Waals surface area contributed by atoms with E-state index in [1.165, 1.54) is 24.8 Å². The molecule has 1 atom stereocenters. The Kier molecular flexibility index (Phi) is 4.88. The zero-order chi connectivity index (χ0) is 12.8. The Morgan fingerprint density at radius 3 is 2.78 bits per heavy atom. The van der Waals surface area contributed by atoms with Crippen LogP contribution in [0.25, 0.3) is 0 Å². The molecule has 0 fully saturated rings. The van der Waals surface area contributed by atoms with Gasteiger partial charge in [0.1, 0.15) is 0 Å². The van der Waals surface area contributed by atoms with Crippen LogP contribution in [0.1, 0.15) is 38.7 Å². The molecule has 3 nitrogen and oxygen atoms in total. The van der Waals surface area contributed by atoms with E-state index in [9.17, 15) is 0 Å². The first kappa shape index (κ1) is 13.2. The first-order chi connectivity index (χ1) is 8.83. The molecule has 1 aliphatic heterocycles. The minimum absolute atomic E-state index is 0.352. The summed E-state index contributed by atoms with van der Waals surface area (Å²) in [7, 11) is 0. The Balaban J connectivity index is 1.97. The maximum Gasteiger partial charge on any atom is 0.231 e. The molecule has 0 radical (unpaired) electrons. The van der Waals surface area contributed by atoms with E-state index in [0.29, 0.717) is 12.8 Å². The van der Waals surface area contributed by atoms with Gasteiger partial charge >= 0.3 is 0 Å². The fraction of sp³-hybridized carbons (Fsp3) is 0.600. The van der Waals surface area contributed by atoms with Crippen molar-refractivity contribution in [2.75, 3.05) is 13.3 Å². The Morgan fingerprint density at radius 2 is 2.00 bits per heavy atom. The van der Waals surface area contributed by atoms with Gasteiger partial charge in [-0.3, -0.25) is 0 Å². The van der Waals surface area contributed by atoms with Crippen LogP contribution in [-0.2, 0) is 6.42 Å². The molecule has 1 heterocycles. The number of ether oxygens (including phenoxy) is 2. The average Bonchev–Trinajstić information content (AvgIpc) is 2.83. The van der Waals surface area contributed by atoms with E-state index >= 15 is 0 Å². The third-order valence-corrected chi connectivity index (χ3v) is 3.24. The van der Waals surface area contributed by atoms with E-state index < -0.39 is 0 Å². The summed E-state index contributed by atoms with van der Waals surface area (Å²) in [6.45, 7) is 5.89. The van der Waals surface area contributed by atoms with Crippen molar-refractivity contribution in [1.82, 2.24) is 5.32 Å². The fourth-order valence-electron chi connectivity index (χ4n) is 2.33. The topological polar surface area (TPSA) is 30.5 Å². The predicted octanol–water partition coefficient (Wildman–Crippen LogP) is 3.13. The minimum Gasteiger partial charge on any atom is -0.454 e. The summed E-state index contributed by atoms with van der Waals surface area (Å²) in [6.07, 6.45) is 4.67. The van der Waals surface area contributed by atoms with E-state index in [1.807, 2.05) is 6.07 Å². The summed E-state index contributed by atoms with van der Waals surface area (Å²) >= 11 is 0. The number of benzene rings is 1. The van der Waals surface area contributed by atoms with E-state index in [-0.39, 0.29) is 0 Å². The van der Waals surface area contributed by atoms with Gasteiger partial charge in [0.05, 0.1) is 0 Å². The summed E-state index contributed by atoms with van der Waals surface area (Å²) in [5, 5.41) is 3.61. The largest absolute Gasteiger partial charge is 0.454 e. The summed E-state index contributed by atoms with van der Waals surface area (Å²) < 4.78 is 10.8. The Bertz CT molecular complexity index is 379. The van der Waals surface area contributed by atoms with E-state index in [0.717, 1.165) is 24.5 Å². The average molecular weight is 249 g/mol. The highest BCUT2D eigenvalue weighted by atomic mass is 16.7. The second-order valence-electron chi connectivity index (χ2n) is 4.83. The molecule has 0 bridgehead atoms. The smallest absolute Gasteiger partial charge is 0.231 e. The highest BCUT2D eigenvalue weighted by Gasteiger charge is 2.15. The van der Waals surface area contributed by atoms with Gasteiger partial charge in [0.25, 0.3) is 0 Å². The molecule has 0 aromatic heterocycles.